The largest absolute Gasteiger partial charge is 0.339 e. The van der Waals surface area contributed by atoms with Crippen LogP contribution in [-0.2, 0) is 17.1 Å². The molecule has 0 amide bonds. The number of hydrogen-bond donors (Lipinski definition) is 1. The zero-order valence-electron chi connectivity index (χ0n) is 12.2. The topological polar surface area (TPSA) is 83.9 Å². The van der Waals surface area contributed by atoms with Gasteiger partial charge in [0, 0.05) is 37.9 Å². The van der Waals surface area contributed by atoms with E-state index in [0.717, 1.165) is 24.1 Å². The Morgan fingerprint density at radius 1 is 1.43 bits per heavy atom. The van der Waals surface area contributed by atoms with Gasteiger partial charge in [-0.25, -0.2) is 13.4 Å². The molecule has 0 radical (unpaired) electrons. The van der Waals surface area contributed by atoms with Crippen LogP contribution in [0.5, 0.6) is 0 Å². The molecule has 0 spiro atoms. The quantitative estimate of drug-likeness (QED) is 0.917. The van der Waals surface area contributed by atoms with E-state index in [9.17, 15) is 8.42 Å². The number of nitrogens with zero attached hydrogens (tertiary/aromatic N) is 4. The first kappa shape index (κ1) is 14.3. The summed E-state index contributed by atoms with van der Waals surface area (Å²) in [6, 6.07) is 0. The number of rotatable bonds is 3. The van der Waals surface area contributed by atoms with Gasteiger partial charge in [-0.05, 0) is 25.3 Å². The van der Waals surface area contributed by atoms with Gasteiger partial charge in [0.25, 0.3) is 10.0 Å². The van der Waals surface area contributed by atoms with E-state index in [1.807, 2.05) is 6.92 Å². The summed E-state index contributed by atoms with van der Waals surface area (Å²) in [5.74, 6) is 0.166. The number of imidazole rings is 1. The fourth-order valence-electron chi connectivity index (χ4n) is 2.82. The van der Waals surface area contributed by atoms with Crippen molar-refractivity contribution in [3.8, 4) is 0 Å². The summed E-state index contributed by atoms with van der Waals surface area (Å²) in [5.41, 5.74) is 2.12. The number of hydrogen-bond acceptors (Lipinski definition) is 4. The van der Waals surface area contributed by atoms with Crippen molar-refractivity contribution in [3.05, 3.63) is 30.0 Å². The second kappa shape index (κ2) is 5.27. The first-order valence-corrected chi connectivity index (χ1v) is 8.40. The third-order valence-electron chi connectivity index (χ3n) is 3.95. The summed E-state index contributed by atoms with van der Waals surface area (Å²) in [6.45, 7) is 3.01. The van der Waals surface area contributed by atoms with E-state index < -0.39 is 10.0 Å². The van der Waals surface area contributed by atoms with Crippen LogP contribution in [0.25, 0.3) is 0 Å². The number of aromatic nitrogens is 4. The van der Waals surface area contributed by atoms with Gasteiger partial charge >= 0.3 is 0 Å². The molecular formula is C13H19N5O2S. The van der Waals surface area contributed by atoms with Gasteiger partial charge in [-0.1, -0.05) is 0 Å². The van der Waals surface area contributed by atoms with Crippen LogP contribution in [0.4, 0.5) is 0 Å². The predicted octanol–water partition coefficient (Wildman–Crippen LogP) is 1.02. The summed E-state index contributed by atoms with van der Waals surface area (Å²) in [7, 11) is -1.75. The van der Waals surface area contributed by atoms with Crippen LogP contribution in [0.3, 0.4) is 0 Å². The highest BCUT2D eigenvalue weighted by Crippen LogP contribution is 2.30. The number of aromatic amines is 1. The molecule has 7 nitrogen and oxygen atoms in total. The molecule has 0 bridgehead atoms. The van der Waals surface area contributed by atoms with Crippen molar-refractivity contribution in [1.82, 2.24) is 24.1 Å². The molecule has 1 saturated heterocycles. The van der Waals surface area contributed by atoms with Crippen LogP contribution in [0.2, 0.25) is 0 Å². The minimum Gasteiger partial charge on any atom is -0.339 e. The lowest BCUT2D eigenvalue weighted by Crippen LogP contribution is -2.39. The van der Waals surface area contributed by atoms with Gasteiger partial charge in [0.2, 0.25) is 0 Å². The highest BCUT2D eigenvalue weighted by Gasteiger charge is 2.33. The van der Waals surface area contributed by atoms with E-state index in [4.69, 9.17) is 0 Å². The first-order valence-electron chi connectivity index (χ1n) is 6.96. The van der Waals surface area contributed by atoms with Crippen LogP contribution in [0.1, 0.15) is 30.0 Å². The molecule has 0 aromatic carbocycles. The second-order valence-electron chi connectivity index (χ2n) is 5.55. The van der Waals surface area contributed by atoms with E-state index >= 15 is 0 Å². The smallest absolute Gasteiger partial charge is 0.262 e. The van der Waals surface area contributed by atoms with E-state index in [1.54, 1.807) is 24.0 Å². The van der Waals surface area contributed by atoms with E-state index in [1.165, 1.54) is 10.6 Å². The lowest BCUT2D eigenvalue weighted by atomic mass is 9.94. The molecule has 1 fully saturated rings. The molecule has 0 unspecified atom stereocenters. The molecule has 8 heteroatoms. The van der Waals surface area contributed by atoms with Crippen LogP contribution in [0.15, 0.2) is 23.7 Å². The Bertz CT molecular complexity index is 733. The molecule has 1 aliphatic heterocycles. The highest BCUT2D eigenvalue weighted by molar-refractivity contribution is 7.89. The molecule has 3 heterocycles. The molecule has 0 aliphatic carbocycles. The molecule has 0 saturated carbocycles. The lowest BCUT2D eigenvalue weighted by molar-refractivity contribution is 0.311. The van der Waals surface area contributed by atoms with Crippen molar-refractivity contribution < 1.29 is 8.42 Å². The summed E-state index contributed by atoms with van der Waals surface area (Å²) >= 11 is 0. The molecule has 2 aromatic rings. The van der Waals surface area contributed by atoms with Gasteiger partial charge in [-0.3, -0.25) is 5.10 Å². The van der Waals surface area contributed by atoms with Gasteiger partial charge < -0.3 is 4.57 Å². The van der Waals surface area contributed by atoms with Crippen molar-refractivity contribution in [2.24, 2.45) is 7.05 Å². The molecule has 21 heavy (non-hydrogen) atoms. The number of sulfonamides is 1. The van der Waals surface area contributed by atoms with Gasteiger partial charge in [0.1, 0.15) is 0 Å². The molecule has 3 rings (SSSR count). The Labute approximate surface area is 124 Å². The Hall–Kier alpha value is -1.67. The fraction of sp³-hybridized carbons (Fsp3) is 0.538. The average Bonchev–Trinajstić information content (AvgIpc) is 3.08. The summed E-state index contributed by atoms with van der Waals surface area (Å²) in [6.07, 6.45) is 6.64. The molecule has 1 atom stereocenters. The van der Waals surface area contributed by atoms with Gasteiger partial charge in [0.05, 0.1) is 12.5 Å². The van der Waals surface area contributed by atoms with Crippen LogP contribution < -0.4 is 0 Å². The molecular weight excluding hydrogens is 290 g/mol. The Morgan fingerprint density at radius 2 is 2.24 bits per heavy atom. The standard InChI is InChI=1S/C13H19N5O2S/c1-10-6-15-16-13(10)11-4-3-5-18(7-11)21(19,20)12-8-17(2)9-14-12/h6,8-9,11H,3-5,7H2,1-2H3,(H,15,16)/t11-/m0/s1. The monoisotopic (exact) mass is 309 g/mol. The van der Waals surface area contributed by atoms with Gasteiger partial charge in [0.15, 0.2) is 5.03 Å². The zero-order chi connectivity index (χ0) is 15.0. The number of H-pyrrole nitrogens is 1. The summed E-state index contributed by atoms with van der Waals surface area (Å²) < 4.78 is 28.4. The van der Waals surface area contributed by atoms with Crippen molar-refractivity contribution in [2.75, 3.05) is 13.1 Å². The SMILES string of the molecule is Cc1cn[nH]c1[C@H]1CCCN(S(=O)(=O)c2cn(C)cn2)C1. The minimum absolute atomic E-state index is 0.118. The van der Waals surface area contributed by atoms with Crippen molar-refractivity contribution in [3.63, 3.8) is 0 Å². The van der Waals surface area contributed by atoms with Gasteiger partial charge in [-0.2, -0.15) is 9.40 Å². The average molecular weight is 309 g/mol. The Morgan fingerprint density at radius 3 is 2.86 bits per heavy atom. The van der Waals surface area contributed by atoms with Crippen molar-refractivity contribution >= 4 is 10.0 Å². The first-order chi connectivity index (χ1) is 9.98. The number of piperidine rings is 1. The Kier molecular flexibility index (Phi) is 3.58. The van der Waals surface area contributed by atoms with Crippen LogP contribution >= 0.6 is 0 Å². The Balaban J connectivity index is 1.85. The molecule has 2 aromatic heterocycles. The number of aryl methyl sites for hydroxylation is 2. The second-order valence-corrected chi connectivity index (χ2v) is 7.43. The molecule has 114 valence electrons. The molecule has 1 aliphatic rings. The third-order valence-corrected chi connectivity index (χ3v) is 5.70. The normalized spacial score (nSPS) is 20.8. The predicted molar refractivity (Wildman–Crippen MR) is 77.3 cm³/mol. The number of nitrogens with one attached hydrogen (secondary N) is 1. The van der Waals surface area contributed by atoms with Crippen LogP contribution in [-0.4, -0.2) is 45.6 Å². The van der Waals surface area contributed by atoms with E-state index in [0.29, 0.717) is 13.1 Å². The van der Waals surface area contributed by atoms with Crippen LogP contribution in [0, 0.1) is 6.92 Å². The fourth-order valence-corrected chi connectivity index (χ4v) is 4.31. The van der Waals surface area contributed by atoms with Crippen molar-refractivity contribution in [2.45, 2.75) is 30.7 Å². The highest BCUT2D eigenvalue weighted by atomic mass is 32.2. The maximum Gasteiger partial charge on any atom is 0.262 e. The van der Waals surface area contributed by atoms with Crippen molar-refractivity contribution in [1.29, 1.82) is 0 Å². The lowest BCUT2D eigenvalue weighted by Gasteiger charge is -2.31. The molecule has 1 N–H and O–H groups in total. The zero-order valence-corrected chi connectivity index (χ0v) is 13.0. The van der Waals surface area contributed by atoms with E-state index in [2.05, 4.69) is 15.2 Å². The third kappa shape index (κ3) is 2.60. The summed E-state index contributed by atoms with van der Waals surface area (Å²) in [5, 5.41) is 7.15. The van der Waals surface area contributed by atoms with Gasteiger partial charge in [-0.15, -0.1) is 0 Å². The minimum atomic E-state index is -3.51. The maximum atomic E-state index is 12.6. The maximum absolute atomic E-state index is 12.6. The van der Waals surface area contributed by atoms with E-state index in [-0.39, 0.29) is 10.9 Å². The summed E-state index contributed by atoms with van der Waals surface area (Å²) in [4.78, 5) is 3.98.